The highest BCUT2D eigenvalue weighted by atomic mass is 35.5. The van der Waals surface area contributed by atoms with E-state index in [1.807, 2.05) is 6.07 Å². The van der Waals surface area contributed by atoms with E-state index >= 15 is 0 Å². The molecule has 1 heterocycles. The van der Waals surface area contributed by atoms with Gasteiger partial charge in [-0.2, -0.15) is 13.2 Å². The Morgan fingerprint density at radius 1 is 1.17 bits per heavy atom. The molecule has 3 nitrogen and oxygen atoms in total. The van der Waals surface area contributed by atoms with Gasteiger partial charge in [-0.3, -0.25) is 9.69 Å². The summed E-state index contributed by atoms with van der Waals surface area (Å²) in [5, 5.41) is 0.586. The Morgan fingerprint density at radius 3 is 2.62 bits per heavy atom. The zero-order valence-corrected chi connectivity index (χ0v) is 13.2. The van der Waals surface area contributed by atoms with E-state index in [1.165, 1.54) is 0 Å². The van der Waals surface area contributed by atoms with E-state index in [0.29, 0.717) is 11.4 Å². The van der Waals surface area contributed by atoms with Crippen LogP contribution in [0.2, 0.25) is 5.02 Å². The van der Waals surface area contributed by atoms with Gasteiger partial charge in [0.2, 0.25) is 0 Å². The first-order valence-electron chi connectivity index (χ1n) is 7.23. The summed E-state index contributed by atoms with van der Waals surface area (Å²) in [6.07, 6.45) is -4.43. The molecule has 0 aliphatic carbocycles. The molecule has 2 aromatic rings. The topological polar surface area (TPSA) is 29.5 Å². The third-order valence-corrected chi connectivity index (χ3v) is 3.91. The fourth-order valence-corrected chi connectivity index (χ4v) is 2.83. The van der Waals surface area contributed by atoms with Crippen molar-refractivity contribution in [3.63, 3.8) is 0 Å². The van der Waals surface area contributed by atoms with Gasteiger partial charge in [0.15, 0.2) is 0 Å². The number of carbonyl (C=O) groups excluding carboxylic acids is 1. The van der Waals surface area contributed by atoms with Crippen molar-refractivity contribution in [2.75, 3.05) is 18.1 Å². The normalized spacial score (nSPS) is 14.1. The number of anilines is 1. The minimum absolute atomic E-state index is 0.0302. The number of alkyl halides is 3. The van der Waals surface area contributed by atoms with Crippen molar-refractivity contribution in [1.82, 2.24) is 0 Å². The molecule has 24 heavy (non-hydrogen) atoms. The van der Waals surface area contributed by atoms with E-state index in [1.54, 1.807) is 36.4 Å². The number of hydrogen-bond donors (Lipinski definition) is 0. The molecule has 1 amide bonds. The SMILES string of the molecule is O=C(N1CCOc2ccc(Cc3cccc(Cl)c3)cc21)C(F)(F)F. The molecule has 0 saturated heterocycles. The van der Waals surface area contributed by atoms with E-state index in [-0.39, 0.29) is 24.6 Å². The smallest absolute Gasteiger partial charge is 0.471 e. The summed E-state index contributed by atoms with van der Waals surface area (Å²) in [7, 11) is 0. The van der Waals surface area contributed by atoms with E-state index in [4.69, 9.17) is 16.3 Å². The first kappa shape index (κ1) is 16.6. The fourth-order valence-electron chi connectivity index (χ4n) is 2.62. The van der Waals surface area contributed by atoms with E-state index in [0.717, 1.165) is 16.0 Å². The lowest BCUT2D eigenvalue weighted by Crippen LogP contribution is -2.45. The number of carbonyl (C=O) groups is 1. The predicted octanol–water partition coefficient (Wildman–Crippen LogP) is 4.22. The van der Waals surface area contributed by atoms with Crippen LogP contribution in [0.5, 0.6) is 5.75 Å². The van der Waals surface area contributed by atoms with Crippen LogP contribution in [-0.4, -0.2) is 25.2 Å². The predicted molar refractivity (Wildman–Crippen MR) is 84.6 cm³/mol. The second-order valence-electron chi connectivity index (χ2n) is 5.41. The number of fused-ring (bicyclic) bond motifs is 1. The second kappa shape index (κ2) is 6.36. The van der Waals surface area contributed by atoms with Crippen LogP contribution in [0.3, 0.4) is 0 Å². The largest absolute Gasteiger partial charge is 0.490 e. The molecule has 0 radical (unpaired) electrons. The summed E-state index contributed by atoms with van der Waals surface area (Å²) in [4.78, 5) is 12.3. The van der Waals surface area contributed by atoms with E-state index < -0.39 is 12.1 Å². The van der Waals surface area contributed by atoms with Gasteiger partial charge in [0.25, 0.3) is 0 Å². The van der Waals surface area contributed by atoms with Crippen LogP contribution in [0.25, 0.3) is 0 Å². The molecule has 0 aromatic heterocycles. The molecule has 0 atom stereocenters. The van der Waals surface area contributed by atoms with Crippen LogP contribution in [0, 0.1) is 0 Å². The maximum atomic E-state index is 12.8. The van der Waals surface area contributed by atoms with Crippen LogP contribution in [-0.2, 0) is 11.2 Å². The lowest BCUT2D eigenvalue weighted by molar-refractivity contribution is -0.170. The Hall–Kier alpha value is -2.21. The average molecular weight is 356 g/mol. The fraction of sp³-hybridized carbons (Fsp3) is 0.235. The summed E-state index contributed by atoms with van der Waals surface area (Å²) < 4.78 is 43.7. The highest BCUT2D eigenvalue weighted by Gasteiger charge is 2.44. The lowest BCUT2D eigenvalue weighted by atomic mass is 10.0. The number of nitrogens with zero attached hydrogens (tertiary/aromatic N) is 1. The van der Waals surface area contributed by atoms with Crippen molar-refractivity contribution in [3.05, 3.63) is 58.6 Å². The standard InChI is InChI=1S/C17H13ClF3NO2/c18-13-3-1-2-11(9-13)8-12-4-5-15-14(10-12)22(6-7-24-15)16(23)17(19,20)21/h1-5,9-10H,6-8H2. The van der Waals surface area contributed by atoms with Crippen molar-refractivity contribution >= 4 is 23.2 Å². The number of rotatable bonds is 2. The molecule has 1 aliphatic heterocycles. The van der Waals surface area contributed by atoms with Gasteiger partial charge >= 0.3 is 12.1 Å². The Labute approximate surface area is 141 Å². The van der Waals surface area contributed by atoms with Crippen LogP contribution >= 0.6 is 11.6 Å². The molecule has 0 spiro atoms. The van der Waals surface area contributed by atoms with Gasteiger partial charge in [0.05, 0.1) is 12.2 Å². The maximum absolute atomic E-state index is 12.8. The molecule has 7 heteroatoms. The molecule has 0 fully saturated rings. The first-order chi connectivity index (χ1) is 11.3. The second-order valence-corrected chi connectivity index (χ2v) is 5.85. The number of ether oxygens (including phenoxy) is 1. The molecule has 2 aromatic carbocycles. The summed E-state index contributed by atoms with van der Waals surface area (Å²) >= 11 is 5.94. The third kappa shape index (κ3) is 3.48. The Kier molecular flexibility index (Phi) is 4.41. The molecule has 1 aliphatic rings. The number of halogens is 4. The van der Waals surface area contributed by atoms with Crippen LogP contribution in [0.15, 0.2) is 42.5 Å². The van der Waals surface area contributed by atoms with Crippen molar-refractivity contribution in [2.24, 2.45) is 0 Å². The van der Waals surface area contributed by atoms with Crippen LogP contribution in [0.4, 0.5) is 18.9 Å². The summed E-state index contributed by atoms with van der Waals surface area (Å²) in [5.41, 5.74) is 1.83. The van der Waals surface area contributed by atoms with Gasteiger partial charge in [-0.25, -0.2) is 0 Å². The Morgan fingerprint density at radius 2 is 1.92 bits per heavy atom. The minimum Gasteiger partial charge on any atom is -0.490 e. The molecule has 0 bridgehead atoms. The van der Waals surface area contributed by atoms with Gasteiger partial charge in [0, 0.05) is 5.02 Å². The van der Waals surface area contributed by atoms with Gasteiger partial charge in [0.1, 0.15) is 12.4 Å². The molecule has 126 valence electrons. The maximum Gasteiger partial charge on any atom is 0.471 e. The minimum atomic E-state index is -4.92. The molecule has 3 rings (SSSR count). The van der Waals surface area contributed by atoms with Crippen molar-refractivity contribution in [3.8, 4) is 5.75 Å². The summed E-state index contributed by atoms with van der Waals surface area (Å²) in [6, 6.07) is 12.1. The molecular weight excluding hydrogens is 343 g/mol. The molecular formula is C17H13ClF3NO2. The van der Waals surface area contributed by atoms with Crippen molar-refractivity contribution in [1.29, 1.82) is 0 Å². The third-order valence-electron chi connectivity index (χ3n) is 3.67. The van der Waals surface area contributed by atoms with Crippen LogP contribution < -0.4 is 9.64 Å². The average Bonchev–Trinajstić information content (AvgIpc) is 2.53. The summed E-state index contributed by atoms with van der Waals surface area (Å²) in [6.45, 7) is -0.103. The Balaban J connectivity index is 1.92. The Bertz CT molecular complexity index is 777. The van der Waals surface area contributed by atoms with Gasteiger partial charge in [-0.15, -0.1) is 0 Å². The molecule has 0 saturated carbocycles. The monoisotopic (exact) mass is 355 g/mol. The van der Waals surface area contributed by atoms with Gasteiger partial charge in [-0.1, -0.05) is 29.8 Å². The van der Waals surface area contributed by atoms with Crippen molar-refractivity contribution in [2.45, 2.75) is 12.6 Å². The first-order valence-corrected chi connectivity index (χ1v) is 7.61. The quantitative estimate of drug-likeness (QED) is 0.807. The highest BCUT2D eigenvalue weighted by Crippen LogP contribution is 2.35. The van der Waals surface area contributed by atoms with E-state index in [9.17, 15) is 18.0 Å². The lowest BCUT2D eigenvalue weighted by Gasteiger charge is -2.30. The van der Waals surface area contributed by atoms with Crippen molar-refractivity contribution < 1.29 is 22.7 Å². The number of amides is 1. The molecule has 0 N–H and O–H groups in total. The number of hydrogen-bond acceptors (Lipinski definition) is 2. The zero-order valence-electron chi connectivity index (χ0n) is 12.4. The number of benzene rings is 2. The van der Waals surface area contributed by atoms with E-state index in [2.05, 4.69) is 0 Å². The van der Waals surface area contributed by atoms with Crippen LogP contribution in [0.1, 0.15) is 11.1 Å². The van der Waals surface area contributed by atoms with Gasteiger partial charge < -0.3 is 4.74 Å². The molecule has 0 unspecified atom stereocenters. The highest BCUT2D eigenvalue weighted by molar-refractivity contribution is 6.30. The summed E-state index contributed by atoms with van der Waals surface area (Å²) in [5.74, 6) is -1.61. The van der Waals surface area contributed by atoms with Gasteiger partial charge in [-0.05, 0) is 41.8 Å². The zero-order chi connectivity index (χ0) is 17.3.